The summed E-state index contributed by atoms with van der Waals surface area (Å²) < 4.78 is 38.0. The first kappa shape index (κ1) is 12.2. The molecule has 8 heteroatoms. The predicted octanol–water partition coefficient (Wildman–Crippen LogP) is 2.00. The van der Waals surface area contributed by atoms with Gasteiger partial charge in [-0.05, 0) is 12.1 Å². The van der Waals surface area contributed by atoms with Crippen molar-refractivity contribution < 1.29 is 12.8 Å². The van der Waals surface area contributed by atoms with Crippen LogP contribution in [-0.2, 0) is 9.84 Å². The number of aromatic nitrogens is 3. The van der Waals surface area contributed by atoms with E-state index in [0.717, 1.165) is 6.26 Å². The number of nitrogens with zero attached hydrogens (tertiary/aromatic N) is 3. The molecule has 3 rings (SSSR count). The third-order valence-electron chi connectivity index (χ3n) is 2.55. The third kappa shape index (κ3) is 2.13. The molecule has 19 heavy (non-hydrogen) atoms. The van der Waals surface area contributed by atoms with Crippen molar-refractivity contribution in [3.8, 4) is 10.6 Å². The third-order valence-corrected chi connectivity index (χ3v) is 4.67. The standard InChI is InChI=1S/C11H8FN3O2S2/c1-19(16,17)9-3-2-7(6-8(9)12)10-14-15-5-4-13-11(15)18-10/h2-6H,1H3. The summed E-state index contributed by atoms with van der Waals surface area (Å²) in [6.07, 6.45) is 4.29. The molecule has 0 bridgehead atoms. The topological polar surface area (TPSA) is 64.3 Å². The maximum atomic E-state index is 13.8. The fraction of sp³-hybridized carbons (Fsp3) is 0.0909. The van der Waals surface area contributed by atoms with Gasteiger partial charge < -0.3 is 0 Å². The van der Waals surface area contributed by atoms with E-state index in [-0.39, 0.29) is 4.90 Å². The number of sulfone groups is 1. The molecular formula is C11H8FN3O2S2. The van der Waals surface area contributed by atoms with Gasteiger partial charge in [0.1, 0.15) is 15.7 Å². The Morgan fingerprint density at radius 2 is 2.16 bits per heavy atom. The Hall–Kier alpha value is -1.80. The molecule has 0 amide bonds. The highest BCUT2D eigenvalue weighted by Gasteiger charge is 2.15. The van der Waals surface area contributed by atoms with Gasteiger partial charge in [0.25, 0.3) is 0 Å². The number of imidazole rings is 1. The van der Waals surface area contributed by atoms with Crippen LogP contribution in [0.3, 0.4) is 0 Å². The van der Waals surface area contributed by atoms with Crippen molar-refractivity contribution in [3.05, 3.63) is 36.4 Å². The van der Waals surface area contributed by atoms with Gasteiger partial charge in [-0.25, -0.2) is 22.3 Å². The summed E-state index contributed by atoms with van der Waals surface area (Å²) in [4.78, 5) is 4.46. The van der Waals surface area contributed by atoms with E-state index >= 15 is 0 Å². The Morgan fingerprint density at radius 3 is 2.79 bits per heavy atom. The van der Waals surface area contributed by atoms with Gasteiger partial charge in [0.15, 0.2) is 9.84 Å². The van der Waals surface area contributed by atoms with Crippen molar-refractivity contribution >= 4 is 26.1 Å². The zero-order chi connectivity index (χ0) is 13.6. The molecule has 0 saturated carbocycles. The van der Waals surface area contributed by atoms with Crippen molar-refractivity contribution in [3.63, 3.8) is 0 Å². The van der Waals surface area contributed by atoms with Crippen LogP contribution < -0.4 is 0 Å². The average Bonchev–Trinajstić information content (AvgIpc) is 2.86. The van der Waals surface area contributed by atoms with E-state index < -0.39 is 15.7 Å². The normalized spacial score (nSPS) is 12.1. The van der Waals surface area contributed by atoms with Gasteiger partial charge in [0.2, 0.25) is 4.96 Å². The van der Waals surface area contributed by atoms with Gasteiger partial charge in [0, 0.05) is 18.0 Å². The largest absolute Gasteiger partial charge is 0.226 e. The Bertz CT molecular complexity index is 839. The minimum atomic E-state index is -3.56. The smallest absolute Gasteiger partial charge is 0.212 e. The van der Waals surface area contributed by atoms with Gasteiger partial charge in [0.05, 0.1) is 6.20 Å². The molecule has 3 aromatic rings. The van der Waals surface area contributed by atoms with E-state index in [1.54, 1.807) is 16.9 Å². The highest BCUT2D eigenvalue weighted by atomic mass is 32.2. The van der Waals surface area contributed by atoms with Crippen LogP contribution >= 0.6 is 11.3 Å². The lowest BCUT2D eigenvalue weighted by atomic mass is 10.2. The monoisotopic (exact) mass is 297 g/mol. The van der Waals surface area contributed by atoms with Crippen molar-refractivity contribution in [1.82, 2.24) is 14.6 Å². The molecule has 0 saturated heterocycles. The number of rotatable bonds is 2. The molecule has 0 aliphatic heterocycles. The SMILES string of the molecule is CS(=O)(=O)c1ccc(-c2nn3ccnc3s2)cc1F. The summed E-state index contributed by atoms with van der Waals surface area (Å²) in [7, 11) is -3.56. The molecule has 0 spiro atoms. The first-order valence-electron chi connectivity index (χ1n) is 5.25. The van der Waals surface area contributed by atoms with E-state index in [1.807, 2.05) is 0 Å². The second-order valence-electron chi connectivity index (χ2n) is 3.98. The summed E-state index contributed by atoms with van der Waals surface area (Å²) in [5.41, 5.74) is 0.528. The van der Waals surface area contributed by atoms with Crippen molar-refractivity contribution in [2.24, 2.45) is 0 Å². The van der Waals surface area contributed by atoms with Crippen LogP contribution in [0.25, 0.3) is 15.5 Å². The van der Waals surface area contributed by atoms with Crippen LogP contribution in [0.5, 0.6) is 0 Å². The molecule has 0 unspecified atom stereocenters. The van der Waals surface area contributed by atoms with E-state index in [0.29, 0.717) is 15.5 Å². The number of hydrogen-bond acceptors (Lipinski definition) is 5. The predicted molar refractivity (Wildman–Crippen MR) is 69.4 cm³/mol. The molecule has 2 heterocycles. The minimum Gasteiger partial charge on any atom is -0.226 e. The highest BCUT2D eigenvalue weighted by Crippen LogP contribution is 2.27. The van der Waals surface area contributed by atoms with Crippen LogP contribution in [0.2, 0.25) is 0 Å². The molecule has 0 radical (unpaired) electrons. The molecule has 0 aliphatic carbocycles. The van der Waals surface area contributed by atoms with Crippen LogP contribution in [0.4, 0.5) is 4.39 Å². The molecule has 0 aliphatic rings. The minimum absolute atomic E-state index is 0.308. The van der Waals surface area contributed by atoms with Crippen molar-refractivity contribution in [1.29, 1.82) is 0 Å². The fourth-order valence-corrected chi connectivity index (χ4v) is 3.27. The maximum Gasteiger partial charge on any atom is 0.212 e. The quantitative estimate of drug-likeness (QED) is 0.725. The number of halogens is 1. The number of hydrogen-bond donors (Lipinski definition) is 0. The lowest BCUT2D eigenvalue weighted by molar-refractivity contribution is 0.571. The maximum absolute atomic E-state index is 13.8. The lowest BCUT2D eigenvalue weighted by Gasteiger charge is -2.02. The molecule has 5 nitrogen and oxygen atoms in total. The first-order valence-corrected chi connectivity index (χ1v) is 7.96. The Morgan fingerprint density at radius 1 is 1.37 bits per heavy atom. The Kier molecular flexibility index (Phi) is 2.64. The van der Waals surface area contributed by atoms with Gasteiger partial charge >= 0.3 is 0 Å². The summed E-state index contributed by atoms with van der Waals surface area (Å²) in [5, 5.41) is 4.82. The number of benzene rings is 1. The number of fused-ring (bicyclic) bond motifs is 1. The van der Waals surface area contributed by atoms with Gasteiger partial charge in [-0.2, -0.15) is 5.10 Å². The molecule has 98 valence electrons. The zero-order valence-corrected chi connectivity index (χ0v) is 11.4. The molecule has 1 aromatic carbocycles. The van der Waals surface area contributed by atoms with Crippen LogP contribution in [0.1, 0.15) is 0 Å². The summed E-state index contributed by atoms with van der Waals surface area (Å²) >= 11 is 1.30. The summed E-state index contributed by atoms with van der Waals surface area (Å²) in [6.45, 7) is 0. The van der Waals surface area contributed by atoms with E-state index in [4.69, 9.17) is 0 Å². The summed E-state index contributed by atoms with van der Waals surface area (Å²) in [6, 6.07) is 3.97. The molecule has 0 fully saturated rings. The molecular weight excluding hydrogens is 289 g/mol. The lowest BCUT2D eigenvalue weighted by Crippen LogP contribution is -2.00. The van der Waals surface area contributed by atoms with Crippen LogP contribution in [-0.4, -0.2) is 29.3 Å². The van der Waals surface area contributed by atoms with E-state index in [9.17, 15) is 12.8 Å². The highest BCUT2D eigenvalue weighted by molar-refractivity contribution is 7.90. The Balaban J connectivity index is 2.12. The Labute approximate surface area is 112 Å². The second-order valence-corrected chi connectivity index (χ2v) is 6.92. The summed E-state index contributed by atoms with van der Waals surface area (Å²) in [5.74, 6) is -0.771. The van der Waals surface area contributed by atoms with Crippen LogP contribution in [0.15, 0.2) is 35.5 Å². The zero-order valence-electron chi connectivity index (χ0n) is 9.74. The first-order chi connectivity index (χ1) is 8.95. The van der Waals surface area contributed by atoms with Crippen molar-refractivity contribution in [2.75, 3.05) is 6.26 Å². The molecule has 2 aromatic heterocycles. The average molecular weight is 297 g/mol. The van der Waals surface area contributed by atoms with Gasteiger partial charge in [-0.15, -0.1) is 0 Å². The molecule has 0 N–H and O–H groups in total. The molecule has 0 atom stereocenters. The van der Waals surface area contributed by atoms with Crippen LogP contribution in [0, 0.1) is 5.82 Å². The van der Waals surface area contributed by atoms with Gasteiger partial charge in [-0.1, -0.05) is 17.4 Å². The van der Waals surface area contributed by atoms with Gasteiger partial charge in [-0.3, -0.25) is 0 Å². The van der Waals surface area contributed by atoms with E-state index in [2.05, 4.69) is 10.1 Å². The van der Waals surface area contributed by atoms with E-state index in [1.165, 1.54) is 29.5 Å². The second kappa shape index (κ2) is 4.10. The van der Waals surface area contributed by atoms with Crippen molar-refractivity contribution in [2.45, 2.75) is 4.90 Å². The fourth-order valence-electron chi connectivity index (χ4n) is 1.69.